The van der Waals surface area contributed by atoms with Crippen LogP contribution in [-0.2, 0) is 11.3 Å². The molecule has 0 spiro atoms. The maximum atomic E-state index is 13.1. The number of hydrogen-bond acceptors (Lipinski definition) is 4. The highest BCUT2D eigenvalue weighted by atomic mass is 16.2. The van der Waals surface area contributed by atoms with Gasteiger partial charge in [0.1, 0.15) is 11.6 Å². The third-order valence-corrected chi connectivity index (χ3v) is 7.24. The average molecular weight is 354 g/mol. The first-order valence-corrected chi connectivity index (χ1v) is 10.5. The zero-order valence-electron chi connectivity index (χ0n) is 15.8. The van der Waals surface area contributed by atoms with E-state index in [0.717, 1.165) is 67.4 Å². The van der Waals surface area contributed by atoms with Gasteiger partial charge in [-0.1, -0.05) is 0 Å². The molecular weight excluding hydrogens is 324 g/mol. The van der Waals surface area contributed by atoms with E-state index >= 15 is 0 Å². The van der Waals surface area contributed by atoms with Gasteiger partial charge in [0.05, 0.1) is 6.54 Å². The molecule has 4 saturated carbocycles. The number of anilines is 1. The summed E-state index contributed by atoms with van der Waals surface area (Å²) in [5.41, 5.74) is 0.900. The van der Waals surface area contributed by atoms with E-state index in [2.05, 4.69) is 21.3 Å². The summed E-state index contributed by atoms with van der Waals surface area (Å²) in [4.78, 5) is 24.8. The molecule has 1 amide bonds. The van der Waals surface area contributed by atoms with E-state index < -0.39 is 0 Å². The summed E-state index contributed by atoms with van der Waals surface area (Å²) >= 11 is 0. The standard InChI is InChI=1S/C21H30N4O/c1-14-6-19(25-4-2-3-5-25)24-18(23-14)13-22-20(26)21-10-15-7-16(11-21)9-17(8-15)12-21/h6,15-17H,2-5,7-13H2,1H3,(H,22,26). The maximum Gasteiger partial charge on any atom is 0.226 e. The first-order valence-electron chi connectivity index (χ1n) is 10.5. The maximum absolute atomic E-state index is 13.1. The molecule has 4 bridgehead atoms. The molecule has 2 heterocycles. The van der Waals surface area contributed by atoms with E-state index in [1.54, 1.807) is 0 Å². The minimum absolute atomic E-state index is 0.0869. The van der Waals surface area contributed by atoms with E-state index in [0.29, 0.717) is 6.54 Å². The molecule has 6 rings (SSSR count). The monoisotopic (exact) mass is 354 g/mol. The van der Waals surface area contributed by atoms with Crippen molar-refractivity contribution < 1.29 is 4.79 Å². The van der Waals surface area contributed by atoms with E-state index in [1.165, 1.54) is 32.1 Å². The van der Waals surface area contributed by atoms with Gasteiger partial charge in [-0.25, -0.2) is 9.97 Å². The molecule has 1 aromatic heterocycles. The van der Waals surface area contributed by atoms with Crippen LogP contribution in [0, 0.1) is 30.1 Å². The number of nitrogens with one attached hydrogen (secondary N) is 1. The molecule has 140 valence electrons. The fraction of sp³-hybridized carbons (Fsp3) is 0.762. The van der Waals surface area contributed by atoms with E-state index in [4.69, 9.17) is 4.98 Å². The molecule has 5 nitrogen and oxygen atoms in total. The number of hydrogen-bond donors (Lipinski definition) is 1. The molecule has 1 saturated heterocycles. The molecule has 5 heteroatoms. The van der Waals surface area contributed by atoms with Crippen LogP contribution in [0.3, 0.4) is 0 Å². The van der Waals surface area contributed by atoms with E-state index in [-0.39, 0.29) is 11.3 Å². The van der Waals surface area contributed by atoms with Gasteiger partial charge in [-0.2, -0.15) is 0 Å². The first kappa shape index (κ1) is 16.5. The van der Waals surface area contributed by atoms with Crippen molar-refractivity contribution in [2.75, 3.05) is 18.0 Å². The fourth-order valence-electron chi connectivity index (χ4n) is 6.54. The van der Waals surface area contributed by atoms with Crippen molar-refractivity contribution in [3.63, 3.8) is 0 Å². The summed E-state index contributed by atoms with van der Waals surface area (Å²) in [5.74, 6) is 4.43. The number of carbonyl (C=O) groups excluding carboxylic acids is 1. The second-order valence-corrected chi connectivity index (χ2v) is 9.36. The Morgan fingerprint density at radius 3 is 2.35 bits per heavy atom. The smallest absolute Gasteiger partial charge is 0.226 e. The lowest BCUT2D eigenvalue weighted by Gasteiger charge is -2.55. The van der Waals surface area contributed by atoms with Crippen molar-refractivity contribution in [3.8, 4) is 0 Å². The Labute approximate surface area is 156 Å². The molecule has 1 N–H and O–H groups in total. The third-order valence-electron chi connectivity index (χ3n) is 7.24. The van der Waals surface area contributed by atoms with Crippen LogP contribution in [-0.4, -0.2) is 29.0 Å². The lowest BCUT2D eigenvalue weighted by Crippen LogP contribution is -2.53. The summed E-state index contributed by atoms with van der Waals surface area (Å²) in [6, 6.07) is 2.07. The molecule has 0 unspecified atom stereocenters. The predicted octanol–water partition coefficient (Wildman–Crippen LogP) is 3.22. The Bertz CT molecular complexity index is 675. The number of amides is 1. The minimum Gasteiger partial charge on any atom is -0.357 e. The van der Waals surface area contributed by atoms with Gasteiger partial charge in [-0.05, 0) is 76.0 Å². The summed E-state index contributed by atoms with van der Waals surface area (Å²) in [6.07, 6.45) is 9.91. The van der Waals surface area contributed by atoms with Gasteiger partial charge in [0.2, 0.25) is 5.91 Å². The fourth-order valence-corrected chi connectivity index (χ4v) is 6.54. The van der Waals surface area contributed by atoms with E-state index in [1.807, 2.05) is 6.92 Å². The summed E-state index contributed by atoms with van der Waals surface area (Å²) < 4.78 is 0. The van der Waals surface area contributed by atoms with Crippen molar-refractivity contribution in [1.29, 1.82) is 0 Å². The second-order valence-electron chi connectivity index (χ2n) is 9.36. The molecule has 0 radical (unpaired) electrons. The highest BCUT2D eigenvalue weighted by Gasteiger charge is 2.54. The van der Waals surface area contributed by atoms with E-state index in [9.17, 15) is 4.79 Å². The number of aromatic nitrogens is 2. The largest absolute Gasteiger partial charge is 0.357 e. The van der Waals surface area contributed by atoms with Crippen molar-refractivity contribution in [2.45, 2.75) is 64.8 Å². The topological polar surface area (TPSA) is 58.1 Å². The zero-order valence-corrected chi connectivity index (χ0v) is 15.8. The van der Waals surface area contributed by atoms with Crippen LogP contribution in [0.5, 0.6) is 0 Å². The number of carbonyl (C=O) groups is 1. The highest BCUT2D eigenvalue weighted by molar-refractivity contribution is 5.83. The van der Waals surface area contributed by atoms with Gasteiger partial charge in [0.25, 0.3) is 0 Å². The molecule has 4 aliphatic carbocycles. The quantitative estimate of drug-likeness (QED) is 0.902. The van der Waals surface area contributed by atoms with Crippen molar-refractivity contribution in [2.24, 2.45) is 23.2 Å². The van der Waals surface area contributed by atoms with Crippen LogP contribution in [0.1, 0.15) is 62.9 Å². The van der Waals surface area contributed by atoms with Crippen LogP contribution >= 0.6 is 0 Å². The van der Waals surface area contributed by atoms with Gasteiger partial charge in [0, 0.05) is 30.3 Å². The molecule has 1 aliphatic heterocycles. The van der Waals surface area contributed by atoms with Crippen LogP contribution in [0.15, 0.2) is 6.07 Å². The molecule has 26 heavy (non-hydrogen) atoms. The first-order chi connectivity index (χ1) is 12.6. The van der Waals surface area contributed by atoms with Gasteiger partial charge in [-0.3, -0.25) is 4.79 Å². The molecule has 1 aromatic rings. The Morgan fingerprint density at radius 1 is 1.12 bits per heavy atom. The van der Waals surface area contributed by atoms with Gasteiger partial charge in [-0.15, -0.1) is 0 Å². The lowest BCUT2D eigenvalue weighted by molar-refractivity contribution is -0.146. The van der Waals surface area contributed by atoms with Crippen LogP contribution in [0.4, 0.5) is 5.82 Å². The second kappa shape index (κ2) is 6.21. The Kier molecular flexibility index (Phi) is 3.94. The molecule has 5 aliphatic rings. The number of rotatable bonds is 4. The SMILES string of the molecule is Cc1cc(N2CCCC2)nc(CNC(=O)C23CC4CC(CC(C4)C2)C3)n1. The number of aryl methyl sites for hydroxylation is 1. The predicted molar refractivity (Wildman–Crippen MR) is 101 cm³/mol. The van der Waals surface area contributed by atoms with Crippen LogP contribution in [0.2, 0.25) is 0 Å². The lowest BCUT2D eigenvalue weighted by atomic mass is 9.49. The normalized spacial score (nSPS) is 35.1. The van der Waals surface area contributed by atoms with Crippen molar-refractivity contribution in [3.05, 3.63) is 17.6 Å². The third kappa shape index (κ3) is 2.89. The van der Waals surface area contributed by atoms with Crippen LogP contribution in [0.25, 0.3) is 0 Å². The van der Waals surface area contributed by atoms with Gasteiger partial charge in [0.15, 0.2) is 0 Å². The Hall–Kier alpha value is -1.65. The Morgan fingerprint density at radius 2 is 1.73 bits per heavy atom. The molecular formula is C21H30N4O. The molecule has 5 fully saturated rings. The summed E-state index contributed by atoms with van der Waals surface area (Å²) in [5, 5.41) is 3.22. The molecule has 0 atom stereocenters. The average Bonchev–Trinajstić information content (AvgIpc) is 3.12. The highest BCUT2D eigenvalue weighted by Crippen LogP contribution is 2.60. The Balaban J connectivity index is 1.28. The number of nitrogens with zero attached hydrogens (tertiary/aromatic N) is 3. The van der Waals surface area contributed by atoms with Crippen molar-refractivity contribution in [1.82, 2.24) is 15.3 Å². The summed E-state index contributed by atoms with van der Waals surface area (Å²) in [7, 11) is 0. The van der Waals surface area contributed by atoms with Crippen molar-refractivity contribution >= 4 is 11.7 Å². The zero-order chi connectivity index (χ0) is 17.7. The summed E-state index contributed by atoms with van der Waals surface area (Å²) in [6.45, 7) is 4.64. The van der Waals surface area contributed by atoms with Gasteiger partial charge >= 0.3 is 0 Å². The van der Waals surface area contributed by atoms with Crippen LogP contribution < -0.4 is 10.2 Å². The molecule has 0 aromatic carbocycles. The van der Waals surface area contributed by atoms with Gasteiger partial charge < -0.3 is 10.2 Å². The minimum atomic E-state index is -0.0869.